The first-order valence-electron chi connectivity index (χ1n) is 8.49. The topological polar surface area (TPSA) is 90.2 Å². The molecule has 142 valence electrons. The monoisotopic (exact) mass is 400 g/mol. The van der Waals surface area contributed by atoms with Crippen molar-refractivity contribution < 1.29 is 14.1 Å². The molecule has 0 unspecified atom stereocenters. The summed E-state index contributed by atoms with van der Waals surface area (Å²) in [5.41, 5.74) is 0.927. The first kappa shape index (κ1) is 18.1. The van der Waals surface area contributed by atoms with Gasteiger partial charge in [0.1, 0.15) is 11.6 Å². The largest absolute Gasteiger partial charge is 0.493 e. The van der Waals surface area contributed by atoms with Crippen LogP contribution in [-0.2, 0) is 0 Å². The number of hydrogen-bond acceptors (Lipinski definition) is 6. The van der Waals surface area contributed by atoms with Crippen molar-refractivity contribution in [3.63, 3.8) is 0 Å². The zero-order chi connectivity index (χ0) is 19.7. The minimum absolute atomic E-state index is 0.0223. The Labute approximate surface area is 164 Å². The fraction of sp³-hybridized carbons (Fsp3) is 0.158. The van der Waals surface area contributed by atoms with Crippen molar-refractivity contribution in [3.8, 4) is 17.0 Å². The van der Waals surface area contributed by atoms with Gasteiger partial charge >= 0.3 is 5.69 Å². The van der Waals surface area contributed by atoms with E-state index in [1.165, 1.54) is 18.2 Å². The molecule has 0 saturated carbocycles. The highest BCUT2D eigenvalue weighted by molar-refractivity contribution is 6.28. The maximum Gasteiger partial charge on any atom is 0.337 e. The summed E-state index contributed by atoms with van der Waals surface area (Å²) in [5.74, 6) is 0.0819. The van der Waals surface area contributed by atoms with Crippen molar-refractivity contribution in [2.45, 2.75) is 12.5 Å². The molecular weight excluding hydrogens is 387 g/mol. The van der Waals surface area contributed by atoms with Crippen LogP contribution < -0.4 is 10.1 Å². The molecule has 1 N–H and O–H groups in total. The summed E-state index contributed by atoms with van der Waals surface area (Å²) in [6.07, 6.45) is 0.482. The molecule has 1 aliphatic rings. The van der Waals surface area contributed by atoms with Gasteiger partial charge in [-0.3, -0.25) is 10.1 Å². The van der Waals surface area contributed by atoms with Crippen LogP contribution in [0.1, 0.15) is 18.0 Å². The van der Waals surface area contributed by atoms with Crippen molar-refractivity contribution in [1.82, 2.24) is 9.97 Å². The smallest absolute Gasteiger partial charge is 0.337 e. The molecular formula is C19H14ClFN4O3. The third kappa shape index (κ3) is 3.46. The number of fused-ring (bicyclic) bond motifs is 1. The van der Waals surface area contributed by atoms with Gasteiger partial charge in [-0.25, -0.2) is 9.37 Å². The molecule has 4 rings (SSSR count). The van der Waals surface area contributed by atoms with E-state index in [0.29, 0.717) is 29.9 Å². The molecule has 0 spiro atoms. The SMILES string of the molecule is O=[N+]([O-])c1c(N[C@@H]2CCOc3ccc(F)cc32)nc(Cl)nc1-c1ccccc1. The van der Waals surface area contributed by atoms with Gasteiger partial charge in [-0.1, -0.05) is 30.3 Å². The number of aromatic nitrogens is 2. The second-order valence-corrected chi connectivity index (χ2v) is 6.52. The number of nitro groups is 1. The lowest BCUT2D eigenvalue weighted by Gasteiger charge is -2.27. The van der Waals surface area contributed by atoms with Crippen LogP contribution in [0, 0.1) is 15.9 Å². The number of rotatable bonds is 4. The summed E-state index contributed by atoms with van der Waals surface area (Å²) >= 11 is 6.05. The predicted molar refractivity (Wildman–Crippen MR) is 102 cm³/mol. The maximum absolute atomic E-state index is 13.7. The third-order valence-electron chi connectivity index (χ3n) is 4.41. The average molecular weight is 401 g/mol. The lowest BCUT2D eigenvalue weighted by molar-refractivity contribution is -0.383. The molecule has 2 heterocycles. The molecule has 7 nitrogen and oxygen atoms in total. The van der Waals surface area contributed by atoms with Crippen LogP contribution in [0.2, 0.25) is 5.28 Å². The van der Waals surface area contributed by atoms with E-state index in [2.05, 4.69) is 15.3 Å². The van der Waals surface area contributed by atoms with E-state index in [0.717, 1.165) is 0 Å². The highest BCUT2D eigenvalue weighted by Crippen LogP contribution is 2.39. The Morgan fingerprint density at radius 2 is 2.00 bits per heavy atom. The standard InChI is InChI=1S/C19H14ClFN4O3/c20-19-23-16(11-4-2-1-3-5-11)17(25(26)27)18(24-19)22-14-8-9-28-15-7-6-12(21)10-13(14)15/h1-7,10,14H,8-9H2,(H,22,23,24)/t14-/m1/s1. The molecule has 1 atom stereocenters. The first-order chi connectivity index (χ1) is 13.5. The Hall–Kier alpha value is -3.26. The van der Waals surface area contributed by atoms with Gasteiger partial charge in [-0.15, -0.1) is 0 Å². The number of benzene rings is 2. The van der Waals surface area contributed by atoms with E-state index in [4.69, 9.17) is 16.3 Å². The van der Waals surface area contributed by atoms with Gasteiger partial charge in [0, 0.05) is 17.5 Å². The normalized spacial score (nSPS) is 15.4. The minimum atomic E-state index is -0.549. The van der Waals surface area contributed by atoms with Gasteiger partial charge in [0.25, 0.3) is 0 Å². The Morgan fingerprint density at radius 1 is 1.21 bits per heavy atom. The van der Waals surface area contributed by atoms with Gasteiger partial charge in [0.2, 0.25) is 11.1 Å². The lowest BCUT2D eigenvalue weighted by atomic mass is 10.00. The van der Waals surface area contributed by atoms with E-state index in [-0.39, 0.29) is 22.5 Å². The highest BCUT2D eigenvalue weighted by atomic mass is 35.5. The van der Waals surface area contributed by atoms with E-state index in [1.807, 2.05) is 0 Å². The van der Waals surface area contributed by atoms with Crippen molar-refractivity contribution in [3.05, 3.63) is 75.3 Å². The van der Waals surface area contributed by atoms with Crippen molar-refractivity contribution in [1.29, 1.82) is 0 Å². The molecule has 28 heavy (non-hydrogen) atoms. The fourth-order valence-corrected chi connectivity index (χ4v) is 3.35. The van der Waals surface area contributed by atoms with Crippen LogP contribution in [0.3, 0.4) is 0 Å². The van der Waals surface area contributed by atoms with E-state index >= 15 is 0 Å². The van der Waals surface area contributed by atoms with Crippen LogP contribution >= 0.6 is 11.6 Å². The molecule has 2 aromatic carbocycles. The summed E-state index contributed by atoms with van der Waals surface area (Å²) in [4.78, 5) is 19.4. The van der Waals surface area contributed by atoms with Crippen LogP contribution in [0.5, 0.6) is 5.75 Å². The number of hydrogen-bond donors (Lipinski definition) is 1. The third-order valence-corrected chi connectivity index (χ3v) is 4.58. The van der Waals surface area contributed by atoms with Crippen molar-refractivity contribution in [2.75, 3.05) is 11.9 Å². The van der Waals surface area contributed by atoms with Crippen molar-refractivity contribution >= 4 is 23.1 Å². The highest BCUT2D eigenvalue weighted by Gasteiger charge is 2.29. The van der Waals surface area contributed by atoms with E-state index in [9.17, 15) is 14.5 Å². The maximum atomic E-state index is 13.7. The second kappa shape index (κ2) is 7.40. The Bertz CT molecular complexity index is 1050. The summed E-state index contributed by atoms with van der Waals surface area (Å²) in [6.45, 7) is 0.383. The molecule has 0 amide bonds. The molecule has 9 heteroatoms. The molecule has 0 aliphatic carbocycles. The predicted octanol–water partition coefficient (Wildman–Crippen LogP) is 4.78. The van der Waals surface area contributed by atoms with Crippen LogP contribution in [-0.4, -0.2) is 21.5 Å². The van der Waals surface area contributed by atoms with Gasteiger partial charge in [-0.2, -0.15) is 4.98 Å². The number of nitrogens with one attached hydrogen (secondary N) is 1. The molecule has 1 aliphatic heterocycles. The number of nitrogens with zero attached hydrogens (tertiary/aromatic N) is 3. The Kier molecular flexibility index (Phi) is 4.79. The quantitative estimate of drug-likeness (QED) is 0.385. The molecule has 0 saturated heterocycles. The van der Waals surface area contributed by atoms with Crippen LogP contribution in [0.4, 0.5) is 15.9 Å². The van der Waals surface area contributed by atoms with E-state index in [1.54, 1.807) is 30.3 Å². The lowest BCUT2D eigenvalue weighted by Crippen LogP contribution is -2.22. The second-order valence-electron chi connectivity index (χ2n) is 6.18. The van der Waals surface area contributed by atoms with Gasteiger partial charge in [0.05, 0.1) is 17.6 Å². The molecule has 0 radical (unpaired) electrons. The number of anilines is 1. The Morgan fingerprint density at radius 3 is 2.75 bits per heavy atom. The van der Waals surface area contributed by atoms with Gasteiger partial charge < -0.3 is 10.1 Å². The first-order valence-corrected chi connectivity index (χ1v) is 8.87. The Balaban J connectivity index is 1.80. The summed E-state index contributed by atoms with van der Waals surface area (Å²) in [5, 5.41) is 14.7. The van der Waals surface area contributed by atoms with E-state index < -0.39 is 16.8 Å². The van der Waals surface area contributed by atoms with Gasteiger partial charge in [-0.05, 0) is 29.8 Å². The molecule has 0 fully saturated rings. The number of ether oxygens (including phenoxy) is 1. The summed E-state index contributed by atoms with van der Waals surface area (Å²) in [7, 11) is 0. The zero-order valence-electron chi connectivity index (χ0n) is 14.4. The van der Waals surface area contributed by atoms with Crippen molar-refractivity contribution in [2.24, 2.45) is 0 Å². The van der Waals surface area contributed by atoms with Crippen LogP contribution in [0.25, 0.3) is 11.3 Å². The summed E-state index contributed by atoms with van der Waals surface area (Å²) in [6, 6.07) is 12.5. The van der Waals surface area contributed by atoms with Crippen LogP contribution in [0.15, 0.2) is 48.5 Å². The molecule has 3 aromatic rings. The minimum Gasteiger partial charge on any atom is -0.493 e. The molecule has 1 aromatic heterocycles. The number of halogens is 2. The summed E-state index contributed by atoms with van der Waals surface area (Å²) < 4.78 is 19.3. The fourth-order valence-electron chi connectivity index (χ4n) is 3.18. The zero-order valence-corrected chi connectivity index (χ0v) is 15.2. The molecule has 0 bridgehead atoms. The van der Waals surface area contributed by atoms with Gasteiger partial charge in [0.15, 0.2) is 5.69 Å². The average Bonchev–Trinajstić information content (AvgIpc) is 2.68.